The number of hydrogen-bond acceptors (Lipinski definition) is 7. The van der Waals surface area contributed by atoms with Crippen molar-refractivity contribution < 1.29 is 26.8 Å². The van der Waals surface area contributed by atoms with Gasteiger partial charge in [-0.25, -0.2) is 17.2 Å². The van der Waals surface area contributed by atoms with Gasteiger partial charge in [0.15, 0.2) is 9.84 Å². The van der Waals surface area contributed by atoms with E-state index >= 15 is 0 Å². The van der Waals surface area contributed by atoms with Gasteiger partial charge in [0.1, 0.15) is 24.4 Å². The summed E-state index contributed by atoms with van der Waals surface area (Å²) in [5, 5.41) is 3.13. The Bertz CT molecular complexity index is 943. The van der Waals surface area contributed by atoms with Gasteiger partial charge >= 0.3 is 0 Å². The number of hydrogen-bond donors (Lipinski definition) is 3. The summed E-state index contributed by atoms with van der Waals surface area (Å²) in [4.78, 5) is 19.8. The summed E-state index contributed by atoms with van der Waals surface area (Å²) in [6.45, 7) is 0.405. The van der Waals surface area contributed by atoms with Gasteiger partial charge in [-0.1, -0.05) is 18.9 Å². The van der Waals surface area contributed by atoms with Gasteiger partial charge in [-0.3, -0.25) is 14.9 Å². The molecule has 3 fully saturated rings. The molecule has 0 unspecified atom stereocenters. The number of carbonyl (C=O) groups excluding carboxylic acids is 1. The molecule has 4 rings (SSSR count). The monoisotopic (exact) mass is 458 g/mol. The Morgan fingerprint density at radius 1 is 1.35 bits per heavy atom. The molecule has 31 heavy (non-hydrogen) atoms. The fourth-order valence-electron chi connectivity index (χ4n) is 4.22. The number of hydroxylamine groups is 1. The van der Waals surface area contributed by atoms with Gasteiger partial charge in [-0.2, -0.15) is 5.48 Å². The second-order valence-corrected chi connectivity index (χ2v) is 10.8. The first kappa shape index (κ1) is 22.5. The minimum atomic E-state index is -3.53. The summed E-state index contributed by atoms with van der Waals surface area (Å²) in [6.07, 6.45) is 1.70. The third-order valence-corrected chi connectivity index (χ3v) is 7.35. The lowest BCUT2D eigenvalue weighted by atomic mass is 9.91. The summed E-state index contributed by atoms with van der Waals surface area (Å²) in [5.74, 6) is -0.924. The molecule has 2 heterocycles. The third kappa shape index (κ3) is 5.06. The minimum absolute atomic E-state index is 0.0560. The molecule has 0 aromatic heterocycles. The van der Waals surface area contributed by atoms with Crippen molar-refractivity contribution in [3.8, 4) is 0 Å². The second-order valence-electron chi connectivity index (χ2n) is 8.75. The summed E-state index contributed by atoms with van der Waals surface area (Å²) < 4.78 is 51.4. The van der Waals surface area contributed by atoms with Crippen molar-refractivity contribution in [3.63, 3.8) is 0 Å². The Kier molecular flexibility index (Phi) is 6.32. The maximum absolute atomic E-state index is 14.6. The largest absolute Gasteiger partial charge is 0.338 e. The summed E-state index contributed by atoms with van der Waals surface area (Å²) in [6, 6.07) is 2.82. The third-order valence-electron chi connectivity index (χ3n) is 6.23. The van der Waals surface area contributed by atoms with Crippen molar-refractivity contribution in [1.29, 1.82) is 0 Å². The number of sulfone groups is 1. The van der Waals surface area contributed by atoms with E-state index in [4.69, 9.17) is 10.6 Å². The van der Waals surface area contributed by atoms with Crippen molar-refractivity contribution in [3.05, 3.63) is 29.6 Å². The van der Waals surface area contributed by atoms with Crippen LogP contribution in [0.15, 0.2) is 23.1 Å². The molecule has 0 bridgehead atoms. The number of halogens is 2. The highest BCUT2D eigenvalue weighted by Gasteiger charge is 2.43. The minimum Gasteiger partial charge on any atom is -0.338 e. The van der Waals surface area contributed by atoms with Crippen LogP contribution in [0.1, 0.15) is 37.4 Å². The number of alkyl halides is 1. The molecule has 4 N–H and O–H groups in total. The number of amides is 1. The molecule has 1 aliphatic carbocycles. The molecule has 2 saturated heterocycles. The first-order valence-electron chi connectivity index (χ1n) is 10.5. The number of likely N-dealkylation sites (tertiary alicyclic amines) is 1. The lowest BCUT2D eigenvalue weighted by molar-refractivity contribution is -0.135. The Hall–Kier alpha value is -1.66. The van der Waals surface area contributed by atoms with Gasteiger partial charge < -0.3 is 10.6 Å². The molecule has 2 aliphatic heterocycles. The first-order chi connectivity index (χ1) is 14.6. The van der Waals surface area contributed by atoms with E-state index in [1.54, 1.807) is 0 Å². The van der Waals surface area contributed by atoms with E-state index in [9.17, 15) is 22.0 Å². The van der Waals surface area contributed by atoms with Crippen molar-refractivity contribution in [2.45, 2.75) is 55.2 Å². The number of nitrogens with one attached hydrogen (secondary N) is 2. The molecule has 8 nitrogen and oxygen atoms in total. The fourth-order valence-corrected chi connectivity index (χ4v) is 4.85. The summed E-state index contributed by atoms with van der Waals surface area (Å²) in [7, 11) is -3.53. The molecule has 1 amide bonds. The number of carbonyl (C=O) groups is 1. The number of nitrogens with two attached hydrogens (primary N) is 1. The lowest BCUT2D eigenvalue weighted by Gasteiger charge is -2.30. The van der Waals surface area contributed by atoms with Crippen LogP contribution in [0.4, 0.5) is 8.78 Å². The van der Waals surface area contributed by atoms with Crippen LogP contribution in [0, 0.1) is 17.7 Å². The molecule has 0 radical (unpaired) electrons. The maximum Gasteiger partial charge on any atom is 0.240 e. The number of nitrogens with zero attached hydrogens (tertiary/aromatic N) is 1. The fraction of sp³-hybridized carbons (Fsp3) is 0.650. The van der Waals surface area contributed by atoms with Crippen LogP contribution in [0.5, 0.6) is 0 Å². The quantitative estimate of drug-likeness (QED) is 0.558. The van der Waals surface area contributed by atoms with Crippen LogP contribution in [0.25, 0.3) is 0 Å². The SMILES string of the molecule is CS(=O)(=O)c1ccc([C@H]2NO[C@@H]([C@@H](CC3CC3)[C@H](N)C(=O)N3CC[C@H](F)C3)N2)c(F)c1. The molecule has 11 heteroatoms. The molecule has 3 aliphatic rings. The summed E-state index contributed by atoms with van der Waals surface area (Å²) >= 11 is 0. The van der Waals surface area contributed by atoms with Crippen LogP contribution in [-0.2, 0) is 19.5 Å². The van der Waals surface area contributed by atoms with Gasteiger partial charge in [0.2, 0.25) is 5.91 Å². The Morgan fingerprint density at radius 2 is 2.10 bits per heavy atom. The zero-order valence-electron chi connectivity index (χ0n) is 17.3. The van der Waals surface area contributed by atoms with Gasteiger partial charge in [0.25, 0.3) is 0 Å². The number of rotatable bonds is 7. The van der Waals surface area contributed by atoms with E-state index in [1.807, 2.05) is 0 Å². The maximum atomic E-state index is 14.6. The first-order valence-corrected chi connectivity index (χ1v) is 12.4. The Balaban J connectivity index is 1.47. The van der Waals surface area contributed by atoms with E-state index in [0.717, 1.165) is 25.2 Å². The lowest BCUT2D eigenvalue weighted by Crippen LogP contribution is -2.52. The molecule has 0 spiro atoms. The molecule has 1 saturated carbocycles. The van der Waals surface area contributed by atoms with E-state index in [1.165, 1.54) is 17.0 Å². The van der Waals surface area contributed by atoms with E-state index in [2.05, 4.69) is 10.8 Å². The van der Waals surface area contributed by atoms with E-state index in [-0.39, 0.29) is 28.8 Å². The average Bonchev–Trinajstić information content (AvgIpc) is 3.22. The zero-order chi connectivity index (χ0) is 22.3. The molecular weight excluding hydrogens is 430 g/mol. The van der Waals surface area contributed by atoms with Crippen LogP contribution in [0.2, 0.25) is 0 Å². The van der Waals surface area contributed by atoms with Gasteiger partial charge in [0.05, 0.1) is 17.5 Å². The normalized spacial score (nSPS) is 28.6. The van der Waals surface area contributed by atoms with Crippen molar-refractivity contribution in [2.24, 2.45) is 17.6 Å². The van der Waals surface area contributed by atoms with E-state index < -0.39 is 40.3 Å². The van der Waals surface area contributed by atoms with Crippen LogP contribution >= 0.6 is 0 Å². The van der Waals surface area contributed by atoms with Gasteiger partial charge in [-0.05, 0) is 30.9 Å². The van der Waals surface area contributed by atoms with E-state index in [0.29, 0.717) is 25.3 Å². The zero-order valence-corrected chi connectivity index (χ0v) is 18.1. The highest BCUT2D eigenvalue weighted by Crippen LogP contribution is 2.38. The van der Waals surface area contributed by atoms with Crippen LogP contribution < -0.4 is 16.5 Å². The van der Waals surface area contributed by atoms with Crippen molar-refractivity contribution >= 4 is 15.7 Å². The molecule has 5 atom stereocenters. The molecule has 1 aromatic rings. The number of benzene rings is 1. The van der Waals surface area contributed by atoms with Crippen LogP contribution in [-0.4, -0.2) is 57.0 Å². The Labute approximate surface area is 180 Å². The van der Waals surface area contributed by atoms with Crippen molar-refractivity contribution in [2.75, 3.05) is 19.3 Å². The predicted molar refractivity (Wildman–Crippen MR) is 108 cm³/mol. The average molecular weight is 459 g/mol. The predicted octanol–water partition coefficient (Wildman–Crippen LogP) is 0.992. The standard InChI is InChI=1S/C20H28F2N4O4S/c1-31(28,29)13-4-5-14(16(22)9-13)18-24-19(30-25-18)15(8-11-2-3-11)17(23)20(27)26-7-6-12(21)10-26/h4-5,9,11-12,15,17-19,24-25H,2-3,6-8,10,23H2,1H3/t12-,15-,17-,18+,19-/m0/s1. The highest BCUT2D eigenvalue weighted by atomic mass is 32.2. The molecule has 1 aromatic carbocycles. The molecular formula is C20H28F2N4O4S. The smallest absolute Gasteiger partial charge is 0.240 e. The second kappa shape index (κ2) is 8.70. The Morgan fingerprint density at radius 3 is 2.68 bits per heavy atom. The highest BCUT2D eigenvalue weighted by molar-refractivity contribution is 7.90. The molecule has 172 valence electrons. The van der Waals surface area contributed by atoms with Crippen LogP contribution in [0.3, 0.4) is 0 Å². The summed E-state index contributed by atoms with van der Waals surface area (Å²) in [5.41, 5.74) is 9.24. The topological polar surface area (TPSA) is 114 Å². The van der Waals surface area contributed by atoms with Gasteiger partial charge in [-0.15, -0.1) is 0 Å². The van der Waals surface area contributed by atoms with Gasteiger partial charge in [0, 0.05) is 24.3 Å². The van der Waals surface area contributed by atoms with Crippen molar-refractivity contribution in [1.82, 2.24) is 15.7 Å².